The highest BCUT2D eigenvalue weighted by Crippen LogP contribution is 2.18. The number of furan rings is 1. The van der Waals surface area contributed by atoms with Gasteiger partial charge in [0.1, 0.15) is 17.3 Å². The highest BCUT2D eigenvalue weighted by Gasteiger charge is 2.13. The third kappa shape index (κ3) is 3.16. The molecule has 0 saturated carbocycles. The van der Waals surface area contributed by atoms with E-state index in [1.54, 1.807) is 13.0 Å². The normalized spacial score (nSPS) is 10.3. The lowest BCUT2D eigenvalue weighted by molar-refractivity contribution is 0.102. The number of carbonyl (C=O) groups is 1. The van der Waals surface area contributed by atoms with Gasteiger partial charge in [-0.15, -0.1) is 0 Å². The van der Waals surface area contributed by atoms with Gasteiger partial charge in [0, 0.05) is 5.69 Å². The van der Waals surface area contributed by atoms with Gasteiger partial charge in [0.25, 0.3) is 5.91 Å². The molecule has 2 rings (SSSR count). The van der Waals surface area contributed by atoms with Gasteiger partial charge in [-0.25, -0.2) is 0 Å². The first kappa shape index (κ1) is 13.2. The summed E-state index contributed by atoms with van der Waals surface area (Å²) in [5, 5.41) is 2.83. The van der Waals surface area contributed by atoms with Gasteiger partial charge in [0.05, 0.1) is 12.2 Å². The molecular formula is C15H17NO3. The molecule has 1 aromatic carbocycles. The SMILES string of the molecule is CCOc1ccc(NC(=O)c2cc(C)oc2C)cc1. The Morgan fingerprint density at radius 2 is 1.95 bits per heavy atom. The van der Waals surface area contributed by atoms with E-state index in [1.165, 1.54) is 0 Å². The topological polar surface area (TPSA) is 51.5 Å². The Bertz CT molecular complexity index is 570. The van der Waals surface area contributed by atoms with Crippen LogP contribution < -0.4 is 10.1 Å². The predicted molar refractivity (Wildman–Crippen MR) is 73.7 cm³/mol. The maximum Gasteiger partial charge on any atom is 0.259 e. The number of ether oxygens (including phenoxy) is 1. The number of anilines is 1. The zero-order valence-electron chi connectivity index (χ0n) is 11.3. The van der Waals surface area contributed by atoms with E-state index in [1.807, 2.05) is 38.1 Å². The van der Waals surface area contributed by atoms with Gasteiger partial charge < -0.3 is 14.5 Å². The molecule has 0 saturated heterocycles. The molecule has 1 aromatic heterocycles. The lowest BCUT2D eigenvalue weighted by atomic mass is 10.2. The summed E-state index contributed by atoms with van der Waals surface area (Å²) in [6.45, 7) is 6.15. The minimum absolute atomic E-state index is 0.168. The molecule has 19 heavy (non-hydrogen) atoms. The number of aryl methyl sites for hydroxylation is 2. The predicted octanol–water partition coefficient (Wildman–Crippen LogP) is 3.55. The molecule has 2 aromatic rings. The van der Waals surface area contributed by atoms with Gasteiger partial charge in [-0.1, -0.05) is 0 Å². The van der Waals surface area contributed by atoms with Gasteiger partial charge in [0.2, 0.25) is 0 Å². The first-order valence-electron chi connectivity index (χ1n) is 6.21. The summed E-state index contributed by atoms with van der Waals surface area (Å²) in [5.74, 6) is 1.98. The molecule has 1 amide bonds. The summed E-state index contributed by atoms with van der Waals surface area (Å²) >= 11 is 0. The van der Waals surface area contributed by atoms with Gasteiger partial charge in [-0.2, -0.15) is 0 Å². The first-order chi connectivity index (χ1) is 9.10. The van der Waals surface area contributed by atoms with Crippen molar-refractivity contribution >= 4 is 11.6 Å². The van der Waals surface area contributed by atoms with Crippen molar-refractivity contribution in [2.75, 3.05) is 11.9 Å². The smallest absolute Gasteiger partial charge is 0.259 e. The Balaban J connectivity index is 2.08. The third-order valence-corrected chi connectivity index (χ3v) is 2.71. The lowest BCUT2D eigenvalue weighted by Gasteiger charge is -2.06. The Morgan fingerprint density at radius 3 is 2.47 bits per heavy atom. The van der Waals surface area contributed by atoms with Crippen molar-refractivity contribution in [3.8, 4) is 5.75 Å². The molecule has 0 atom stereocenters. The lowest BCUT2D eigenvalue weighted by Crippen LogP contribution is -2.12. The molecule has 0 aliphatic heterocycles. The Labute approximate surface area is 112 Å². The number of hydrogen-bond acceptors (Lipinski definition) is 3. The van der Waals surface area contributed by atoms with Crippen molar-refractivity contribution in [2.45, 2.75) is 20.8 Å². The van der Waals surface area contributed by atoms with E-state index in [4.69, 9.17) is 9.15 Å². The number of amides is 1. The fraction of sp³-hybridized carbons (Fsp3) is 0.267. The monoisotopic (exact) mass is 259 g/mol. The molecule has 0 fully saturated rings. The molecular weight excluding hydrogens is 242 g/mol. The average Bonchev–Trinajstić information content (AvgIpc) is 2.71. The van der Waals surface area contributed by atoms with Crippen molar-refractivity contribution in [3.63, 3.8) is 0 Å². The van der Waals surface area contributed by atoms with E-state index < -0.39 is 0 Å². The molecule has 0 radical (unpaired) electrons. The molecule has 0 aliphatic rings. The van der Waals surface area contributed by atoms with Crippen LogP contribution in [-0.4, -0.2) is 12.5 Å². The molecule has 4 heteroatoms. The molecule has 0 spiro atoms. The van der Waals surface area contributed by atoms with E-state index >= 15 is 0 Å². The highest BCUT2D eigenvalue weighted by atomic mass is 16.5. The maximum absolute atomic E-state index is 12.1. The largest absolute Gasteiger partial charge is 0.494 e. The summed E-state index contributed by atoms with van der Waals surface area (Å²) in [5.41, 5.74) is 1.29. The van der Waals surface area contributed by atoms with Crippen molar-refractivity contribution in [3.05, 3.63) is 47.4 Å². The van der Waals surface area contributed by atoms with Crippen LogP contribution in [0.3, 0.4) is 0 Å². The highest BCUT2D eigenvalue weighted by molar-refractivity contribution is 6.05. The van der Waals surface area contributed by atoms with Crippen LogP contribution in [0, 0.1) is 13.8 Å². The van der Waals surface area contributed by atoms with Crippen LogP contribution in [0.5, 0.6) is 5.75 Å². The Morgan fingerprint density at radius 1 is 1.26 bits per heavy atom. The first-order valence-corrected chi connectivity index (χ1v) is 6.21. The number of rotatable bonds is 4. The minimum atomic E-state index is -0.168. The molecule has 1 N–H and O–H groups in total. The minimum Gasteiger partial charge on any atom is -0.494 e. The second-order valence-electron chi connectivity index (χ2n) is 4.24. The van der Waals surface area contributed by atoms with Crippen LogP contribution in [0.2, 0.25) is 0 Å². The van der Waals surface area contributed by atoms with Crippen LogP contribution in [0.15, 0.2) is 34.7 Å². The fourth-order valence-corrected chi connectivity index (χ4v) is 1.86. The summed E-state index contributed by atoms with van der Waals surface area (Å²) < 4.78 is 10.7. The van der Waals surface area contributed by atoms with E-state index in [0.29, 0.717) is 17.9 Å². The van der Waals surface area contributed by atoms with Crippen molar-refractivity contribution in [1.29, 1.82) is 0 Å². The van der Waals surface area contributed by atoms with Crippen LogP contribution in [0.1, 0.15) is 28.8 Å². The Kier molecular flexibility index (Phi) is 3.90. The van der Waals surface area contributed by atoms with Crippen LogP contribution in [0.25, 0.3) is 0 Å². The molecule has 4 nitrogen and oxygen atoms in total. The molecule has 1 heterocycles. The quantitative estimate of drug-likeness (QED) is 0.913. The van der Waals surface area contributed by atoms with Crippen LogP contribution in [0.4, 0.5) is 5.69 Å². The third-order valence-electron chi connectivity index (χ3n) is 2.71. The van der Waals surface area contributed by atoms with Gasteiger partial charge >= 0.3 is 0 Å². The maximum atomic E-state index is 12.1. The molecule has 0 bridgehead atoms. The summed E-state index contributed by atoms with van der Waals surface area (Å²) in [6, 6.07) is 9.01. The van der Waals surface area contributed by atoms with Crippen LogP contribution >= 0.6 is 0 Å². The van der Waals surface area contributed by atoms with Crippen molar-refractivity contribution in [2.24, 2.45) is 0 Å². The van der Waals surface area contributed by atoms with Crippen molar-refractivity contribution in [1.82, 2.24) is 0 Å². The van der Waals surface area contributed by atoms with E-state index in [-0.39, 0.29) is 5.91 Å². The second kappa shape index (κ2) is 5.61. The van der Waals surface area contributed by atoms with Crippen molar-refractivity contribution < 1.29 is 13.9 Å². The van der Waals surface area contributed by atoms with Gasteiger partial charge in [-0.05, 0) is 51.1 Å². The average molecular weight is 259 g/mol. The van der Waals surface area contributed by atoms with E-state index in [0.717, 1.165) is 17.2 Å². The van der Waals surface area contributed by atoms with Gasteiger partial charge in [0.15, 0.2) is 0 Å². The number of carbonyl (C=O) groups excluding carboxylic acids is 1. The zero-order chi connectivity index (χ0) is 13.8. The Hall–Kier alpha value is -2.23. The van der Waals surface area contributed by atoms with Crippen LogP contribution in [-0.2, 0) is 0 Å². The molecule has 0 aliphatic carbocycles. The molecule has 0 unspecified atom stereocenters. The number of benzene rings is 1. The summed E-state index contributed by atoms with van der Waals surface area (Å²) in [4.78, 5) is 12.1. The number of nitrogens with one attached hydrogen (secondary N) is 1. The summed E-state index contributed by atoms with van der Waals surface area (Å²) in [7, 11) is 0. The summed E-state index contributed by atoms with van der Waals surface area (Å²) in [6.07, 6.45) is 0. The number of hydrogen-bond donors (Lipinski definition) is 1. The van der Waals surface area contributed by atoms with E-state index in [9.17, 15) is 4.79 Å². The second-order valence-corrected chi connectivity index (χ2v) is 4.24. The van der Waals surface area contributed by atoms with Gasteiger partial charge in [-0.3, -0.25) is 4.79 Å². The fourth-order valence-electron chi connectivity index (χ4n) is 1.86. The molecule has 100 valence electrons. The standard InChI is InChI=1S/C15H17NO3/c1-4-18-13-7-5-12(6-8-13)16-15(17)14-9-10(2)19-11(14)3/h5-9H,4H2,1-3H3,(H,16,17). The zero-order valence-corrected chi connectivity index (χ0v) is 11.3. The van der Waals surface area contributed by atoms with E-state index in [2.05, 4.69) is 5.32 Å².